The molecule has 0 aliphatic carbocycles. The molecule has 0 saturated carbocycles. The number of carbonyl (C=O) groups is 2. The van der Waals surface area contributed by atoms with Crippen molar-refractivity contribution < 1.29 is 22.8 Å². The van der Waals surface area contributed by atoms with E-state index in [0.717, 1.165) is 11.6 Å². The van der Waals surface area contributed by atoms with E-state index in [4.69, 9.17) is 11.6 Å². The number of nitrogens with zero attached hydrogens (tertiary/aromatic N) is 1. The van der Waals surface area contributed by atoms with E-state index in [0.29, 0.717) is 11.6 Å². The molecule has 5 nitrogen and oxygen atoms in total. The van der Waals surface area contributed by atoms with Crippen molar-refractivity contribution in [2.24, 2.45) is 0 Å². The third-order valence-corrected chi connectivity index (χ3v) is 4.69. The summed E-state index contributed by atoms with van der Waals surface area (Å²) in [6.07, 6.45) is -4.58. The topological polar surface area (TPSA) is 61.4 Å². The molecule has 2 aromatic carbocycles. The molecule has 162 valence electrons. The predicted molar refractivity (Wildman–Crippen MR) is 110 cm³/mol. The van der Waals surface area contributed by atoms with Gasteiger partial charge in [0.05, 0.1) is 30.4 Å². The average molecular weight is 442 g/mol. The summed E-state index contributed by atoms with van der Waals surface area (Å²) in [4.78, 5) is 26.1. The van der Waals surface area contributed by atoms with Crippen molar-refractivity contribution in [2.45, 2.75) is 26.1 Å². The van der Waals surface area contributed by atoms with Crippen LogP contribution < -0.4 is 10.6 Å². The van der Waals surface area contributed by atoms with Crippen molar-refractivity contribution in [2.75, 3.05) is 25.0 Å². The van der Waals surface area contributed by atoms with E-state index in [9.17, 15) is 22.8 Å². The Kier molecular flexibility index (Phi) is 8.25. The highest BCUT2D eigenvalue weighted by Crippen LogP contribution is 2.34. The molecule has 1 unspecified atom stereocenters. The average Bonchev–Trinajstić information content (AvgIpc) is 2.67. The lowest BCUT2D eigenvalue weighted by Gasteiger charge is -2.22. The molecule has 0 aliphatic heterocycles. The Morgan fingerprint density at radius 1 is 1.03 bits per heavy atom. The Labute approximate surface area is 178 Å². The minimum atomic E-state index is -4.58. The van der Waals surface area contributed by atoms with Gasteiger partial charge < -0.3 is 10.6 Å². The van der Waals surface area contributed by atoms with Crippen molar-refractivity contribution >= 4 is 29.1 Å². The van der Waals surface area contributed by atoms with Gasteiger partial charge in [0, 0.05) is 5.02 Å². The molecule has 2 aromatic rings. The Morgan fingerprint density at radius 3 is 2.23 bits per heavy atom. The molecule has 0 radical (unpaired) electrons. The minimum absolute atomic E-state index is 0.0667. The summed E-state index contributed by atoms with van der Waals surface area (Å²) in [6.45, 7) is 3.66. The number of rotatable bonds is 8. The van der Waals surface area contributed by atoms with Crippen LogP contribution in [-0.4, -0.2) is 36.3 Å². The lowest BCUT2D eigenvalue weighted by molar-refractivity contribution is -0.137. The fourth-order valence-electron chi connectivity index (χ4n) is 2.84. The number of alkyl halides is 3. The molecule has 0 heterocycles. The van der Waals surface area contributed by atoms with Crippen LogP contribution in [0.1, 0.15) is 31.0 Å². The Hall–Kier alpha value is -2.58. The third kappa shape index (κ3) is 7.03. The first-order valence-corrected chi connectivity index (χ1v) is 9.71. The maximum atomic E-state index is 13.1. The van der Waals surface area contributed by atoms with E-state index in [2.05, 4.69) is 10.6 Å². The summed E-state index contributed by atoms with van der Waals surface area (Å²) >= 11 is 5.86. The van der Waals surface area contributed by atoms with Gasteiger partial charge in [0.1, 0.15) is 0 Å². The summed E-state index contributed by atoms with van der Waals surface area (Å²) in [7, 11) is 0. The smallest absolute Gasteiger partial charge is 0.348 e. The first-order chi connectivity index (χ1) is 14.1. The largest absolute Gasteiger partial charge is 0.418 e. The second-order valence-corrected chi connectivity index (χ2v) is 7.17. The number of halogens is 4. The zero-order valence-electron chi connectivity index (χ0n) is 16.6. The zero-order chi connectivity index (χ0) is 22.3. The van der Waals surface area contributed by atoms with Crippen LogP contribution in [0.15, 0.2) is 48.5 Å². The van der Waals surface area contributed by atoms with E-state index in [1.807, 2.05) is 6.92 Å². The van der Waals surface area contributed by atoms with E-state index >= 15 is 0 Å². The Balaban J connectivity index is 1.93. The molecule has 2 rings (SSSR count). The molecule has 0 aromatic heterocycles. The lowest BCUT2D eigenvalue weighted by atomic mass is 10.1. The maximum Gasteiger partial charge on any atom is 0.418 e. The van der Waals surface area contributed by atoms with Crippen molar-refractivity contribution in [1.29, 1.82) is 0 Å². The maximum absolute atomic E-state index is 13.1. The molecule has 2 amide bonds. The highest BCUT2D eigenvalue weighted by Gasteiger charge is 2.33. The van der Waals surface area contributed by atoms with Gasteiger partial charge in [-0.3, -0.25) is 14.5 Å². The molecular weight excluding hydrogens is 419 g/mol. The van der Waals surface area contributed by atoms with E-state index in [1.54, 1.807) is 31.2 Å². The van der Waals surface area contributed by atoms with Gasteiger partial charge in [0.25, 0.3) is 0 Å². The van der Waals surface area contributed by atoms with Gasteiger partial charge in [0.15, 0.2) is 0 Å². The van der Waals surface area contributed by atoms with Crippen molar-refractivity contribution in [3.63, 3.8) is 0 Å². The Bertz CT molecular complexity index is 873. The molecule has 0 aliphatic rings. The number of carbonyl (C=O) groups excluding carboxylic acids is 2. The van der Waals surface area contributed by atoms with Crippen molar-refractivity contribution in [3.05, 3.63) is 64.7 Å². The second-order valence-electron chi connectivity index (χ2n) is 6.74. The van der Waals surface area contributed by atoms with Gasteiger partial charge in [-0.15, -0.1) is 0 Å². The van der Waals surface area contributed by atoms with E-state index < -0.39 is 17.6 Å². The molecule has 9 heteroatoms. The number of anilines is 1. The molecule has 0 fully saturated rings. The fraction of sp³-hybridized carbons (Fsp3) is 0.333. The number of hydrogen-bond donors (Lipinski definition) is 2. The highest BCUT2D eigenvalue weighted by molar-refractivity contribution is 6.30. The van der Waals surface area contributed by atoms with E-state index in [-0.39, 0.29) is 30.7 Å². The van der Waals surface area contributed by atoms with Crippen LogP contribution in [0.25, 0.3) is 0 Å². The third-order valence-electron chi connectivity index (χ3n) is 4.44. The van der Waals surface area contributed by atoms with Crippen LogP contribution >= 0.6 is 11.6 Å². The number of amides is 2. The number of likely N-dealkylation sites (N-methyl/N-ethyl adjacent to an activating group) is 1. The molecule has 30 heavy (non-hydrogen) atoms. The van der Waals surface area contributed by atoms with Crippen LogP contribution in [0.3, 0.4) is 0 Å². The summed E-state index contributed by atoms with van der Waals surface area (Å²) in [5.41, 5.74) is -0.361. The SMILES string of the molecule is CCN(CC(=O)Nc1ccccc1C(F)(F)F)CC(=O)NC(C)c1ccc(Cl)cc1. The molecule has 0 bridgehead atoms. The van der Waals surface area contributed by atoms with Crippen LogP contribution in [0.5, 0.6) is 0 Å². The Morgan fingerprint density at radius 2 is 1.63 bits per heavy atom. The van der Waals surface area contributed by atoms with Crippen LogP contribution in [0, 0.1) is 0 Å². The number of benzene rings is 2. The summed E-state index contributed by atoms with van der Waals surface area (Å²) in [5, 5.41) is 5.70. The van der Waals surface area contributed by atoms with Gasteiger partial charge in [0.2, 0.25) is 11.8 Å². The van der Waals surface area contributed by atoms with Gasteiger partial charge >= 0.3 is 6.18 Å². The van der Waals surface area contributed by atoms with Crippen LogP contribution in [0.4, 0.5) is 18.9 Å². The molecule has 0 spiro atoms. The number of para-hydroxylation sites is 1. The van der Waals surface area contributed by atoms with Gasteiger partial charge in [-0.05, 0) is 43.3 Å². The molecule has 1 atom stereocenters. The summed E-state index contributed by atoms with van der Waals surface area (Å²) < 4.78 is 39.2. The normalized spacial score (nSPS) is 12.5. The monoisotopic (exact) mass is 441 g/mol. The molecule has 2 N–H and O–H groups in total. The first-order valence-electron chi connectivity index (χ1n) is 9.33. The standard InChI is InChI=1S/C21H23ClF3N3O2/c1-3-28(12-19(29)26-14(2)15-8-10-16(22)11-9-15)13-20(30)27-18-7-5-4-6-17(18)21(23,24)25/h4-11,14H,3,12-13H2,1-2H3,(H,26,29)(H,27,30). The second kappa shape index (κ2) is 10.4. The van der Waals surface area contributed by atoms with Crippen LogP contribution in [0.2, 0.25) is 5.02 Å². The van der Waals surface area contributed by atoms with Crippen molar-refractivity contribution in [3.8, 4) is 0 Å². The molecule has 0 saturated heterocycles. The molecular formula is C21H23ClF3N3O2. The first kappa shape index (κ1) is 23.7. The van der Waals surface area contributed by atoms with Gasteiger partial charge in [-0.2, -0.15) is 13.2 Å². The summed E-state index contributed by atoms with van der Waals surface area (Å²) in [5.74, 6) is -0.935. The zero-order valence-corrected chi connectivity index (χ0v) is 17.3. The van der Waals surface area contributed by atoms with Gasteiger partial charge in [-0.1, -0.05) is 42.8 Å². The number of hydrogen-bond acceptors (Lipinski definition) is 3. The number of nitrogens with one attached hydrogen (secondary N) is 2. The van der Waals surface area contributed by atoms with Crippen molar-refractivity contribution in [1.82, 2.24) is 10.2 Å². The summed E-state index contributed by atoms with van der Waals surface area (Å²) in [6, 6.07) is 11.5. The fourth-order valence-corrected chi connectivity index (χ4v) is 2.96. The highest BCUT2D eigenvalue weighted by atomic mass is 35.5. The van der Waals surface area contributed by atoms with Gasteiger partial charge in [-0.25, -0.2) is 0 Å². The minimum Gasteiger partial charge on any atom is -0.348 e. The lowest BCUT2D eigenvalue weighted by Crippen LogP contribution is -2.41. The van der Waals surface area contributed by atoms with E-state index in [1.165, 1.54) is 23.1 Å². The predicted octanol–water partition coefficient (Wildman–Crippen LogP) is 4.50. The quantitative estimate of drug-likeness (QED) is 0.634. The van der Waals surface area contributed by atoms with Crippen LogP contribution in [-0.2, 0) is 15.8 Å².